The zero-order chi connectivity index (χ0) is 21.7. The molecule has 0 aliphatic heterocycles. The highest BCUT2D eigenvalue weighted by Crippen LogP contribution is 2.22. The standard InChI is InChI=1S/C21H23N5O3S/c1-4-24-30(28,29)19-11-18(13-22-14-19)25-20-10-9-17(12-23-20)15-5-7-16(8-6-15)21(27)26(2)3/h5-14,24H,4H2,1-3H3,(H,23,25). The molecule has 0 spiro atoms. The summed E-state index contributed by atoms with van der Waals surface area (Å²) in [7, 11) is -0.153. The SMILES string of the molecule is CCNS(=O)(=O)c1cncc(Nc2ccc(-c3ccc(C(=O)N(C)C)cc3)cn2)c1. The van der Waals surface area contributed by atoms with Gasteiger partial charge in [-0.1, -0.05) is 19.1 Å². The first-order chi connectivity index (χ1) is 14.3. The molecule has 0 aliphatic rings. The lowest BCUT2D eigenvalue weighted by molar-refractivity contribution is 0.0827. The van der Waals surface area contributed by atoms with Crippen LogP contribution in [-0.2, 0) is 10.0 Å². The fraction of sp³-hybridized carbons (Fsp3) is 0.190. The van der Waals surface area contributed by atoms with Gasteiger partial charge in [0.25, 0.3) is 5.91 Å². The number of pyridine rings is 2. The molecule has 0 fully saturated rings. The number of hydrogen-bond donors (Lipinski definition) is 2. The molecule has 0 saturated carbocycles. The Kier molecular flexibility index (Phi) is 6.43. The van der Waals surface area contributed by atoms with E-state index < -0.39 is 10.0 Å². The van der Waals surface area contributed by atoms with E-state index in [1.54, 1.807) is 45.4 Å². The van der Waals surface area contributed by atoms with Crippen LogP contribution in [0.3, 0.4) is 0 Å². The van der Waals surface area contributed by atoms with Crippen molar-refractivity contribution in [2.24, 2.45) is 0 Å². The Morgan fingerprint density at radius 1 is 1.00 bits per heavy atom. The fourth-order valence-electron chi connectivity index (χ4n) is 2.76. The van der Waals surface area contributed by atoms with E-state index in [0.717, 1.165) is 11.1 Å². The summed E-state index contributed by atoms with van der Waals surface area (Å²) in [5.41, 5.74) is 2.96. The predicted molar refractivity (Wildman–Crippen MR) is 116 cm³/mol. The zero-order valence-electron chi connectivity index (χ0n) is 17.0. The van der Waals surface area contributed by atoms with Crippen LogP contribution in [0.1, 0.15) is 17.3 Å². The van der Waals surface area contributed by atoms with Gasteiger partial charge in [-0.3, -0.25) is 9.78 Å². The van der Waals surface area contributed by atoms with Crippen LogP contribution in [0.4, 0.5) is 11.5 Å². The summed E-state index contributed by atoms with van der Waals surface area (Å²) in [6.45, 7) is 2.01. The van der Waals surface area contributed by atoms with E-state index in [-0.39, 0.29) is 10.8 Å². The number of amides is 1. The van der Waals surface area contributed by atoms with Crippen LogP contribution < -0.4 is 10.0 Å². The van der Waals surface area contributed by atoms with Gasteiger partial charge in [0.15, 0.2) is 0 Å². The number of benzene rings is 1. The molecule has 2 heterocycles. The van der Waals surface area contributed by atoms with Crippen LogP contribution in [0.5, 0.6) is 0 Å². The Morgan fingerprint density at radius 3 is 2.30 bits per heavy atom. The third-order valence-electron chi connectivity index (χ3n) is 4.27. The topological polar surface area (TPSA) is 104 Å². The number of hydrogen-bond acceptors (Lipinski definition) is 6. The Hall–Kier alpha value is -3.30. The van der Waals surface area contributed by atoms with Crippen molar-refractivity contribution in [3.63, 3.8) is 0 Å². The van der Waals surface area contributed by atoms with Gasteiger partial charge in [-0.05, 0) is 35.9 Å². The van der Waals surface area contributed by atoms with Crippen LogP contribution in [0.15, 0.2) is 66.0 Å². The molecule has 0 saturated heterocycles. The van der Waals surface area contributed by atoms with Gasteiger partial charge in [-0.25, -0.2) is 18.1 Å². The smallest absolute Gasteiger partial charge is 0.253 e. The van der Waals surface area contributed by atoms with Crippen molar-refractivity contribution in [1.29, 1.82) is 0 Å². The lowest BCUT2D eigenvalue weighted by Crippen LogP contribution is -2.23. The van der Waals surface area contributed by atoms with Crippen molar-refractivity contribution < 1.29 is 13.2 Å². The van der Waals surface area contributed by atoms with Gasteiger partial charge in [0.2, 0.25) is 10.0 Å². The van der Waals surface area contributed by atoms with Crippen molar-refractivity contribution in [1.82, 2.24) is 19.6 Å². The molecule has 0 unspecified atom stereocenters. The van der Waals surface area contributed by atoms with Crippen LogP contribution >= 0.6 is 0 Å². The van der Waals surface area contributed by atoms with E-state index in [1.807, 2.05) is 18.2 Å². The summed E-state index contributed by atoms with van der Waals surface area (Å²) in [4.78, 5) is 22.0. The number of aromatic nitrogens is 2. The van der Waals surface area contributed by atoms with E-state index in [1.165, 1.54) is 23.4 Å². The third kappa shape index (κ3) is 5.00. The molecule has 3 aromatic rings. The number of carbonyl (C=O) groups excluding carboxylic acids is 1. The second kappa shape index (κ2) is 9.02. The van der Waals surface area contributed by atoms with Crippen molar-refractivity contribution in [3.8, 4) is 11.1 Å². The highest BCUT2D eigenvalue weighted by molar-refractivity contribution is 7.89. The number of rotatable bonds is 7. The summed E-state index contributed by atoms with van der Waals surface area (Å²) in [5.74, 6) is 0.504. The molecule has 0 radical (unpaired) electrons. The molecule has 8 nitrogen and oxygen atoms in total. The minimum absolute atomic E-state index is 0.0498. The van der Waals surface area contributed by atoms with Gasteiger partial charge in [0.1, 0.15) is 10.7 Å². The number of anilines is 2. The molecule has 0 atom stereocenters. The lowest BCUT2D eigenvalue weighted by Gasteiger charge is -2.11. The molecule has 2 N–H and O–H groups in total. The van der Waals surface area contributed by atoms with Gasteiger partial charge in [0, 0.05) is 44.2 Å². The van der Waals surface area contributed by atoms with E-state index >= 15 is 0 Å². The lowest BCUT2D eigenvalue weighted by atomic mass is 10.1. The second-order valence-corrected chi connectivity index (χ2v) is 8.51. The molecule has 30 heavy (non-hydrogen) atoms. The number of nitrogens with zero attached hydrogens (tertiary/aromatic N) is 3. The van der Waals surface area contributed by atoms with Crippen molar-refractivity contribution in [2.75, 3.05) is 26.0 Å². The normalized spacial score (nSPS) is 11.2. The molecular formula is C21H23N5O3S. The summed E-state index contributed by atoms with van der Waals surface area (Å²) in [6, 6.07) is 12.5. The first-order valence-corrected chi connectivity index (χ1v) is 10.8. The van der Waals surface area contributed by atoms with Gasteiger partial charge >= 0.3 is 0 Å². The molecule has 9 heteroatoms. The van der Waals surface area contributed by atoms with Crippen molar-refractivity contribution in [3.05, 3.63) is 66.6 Å². The molecular weight excluding hydrogens is 402 g/mol. The van der Waals surface area contributed by atoms with Gasteiger partial charge in [-0.15, -0.1) is 0 Å². The van der Waals surface area contributed by atoms with E-state index in [2.05, 4.69) is 20.0 Å². The number of nitrogens with one attached hydrogen (secondary N) is 2. The number of carbonyl (C=O) groups is 1. The maximum Gasteiger partial charge on any atom is 0.253 e. The highest BCUT2D eigenvalue weighted by atomic mass is 32.2. The molecule has 2 aromatic heterocycles. The van der Waals surface area contributed by atoms with Crippen LogP contribution in [0.25, 0.3) is 11.1 Å². The van der Waals surface area contributed by atoms with Gasteiger partial charge in [0.05, 0.1) is 11.9 Å². The third-order valence-corrected chi connectivity index (χ3v) is 5.78. The average Bonchev–Trinajstić information content (AvgIpc) is 2.74. The van der Waals surface area contributed by atoms with Crippen LogP contribution in [0.2, 0.25) is 0 Å². The summed E-state index contributed by atoms with van der Waals surface area (Å²) >= 11 is 0. The Bertz CT molecular complexity index is 1130. The first-order valence-electron chi connectivity index (χ1n) is 9.30. The second-order valence-electron chi connectivity index (χ2n) is 6.74. The average molecular weight is 426 g/mol. The van der Waals surface area contributed by atoms with Crippen molar-refractivity contribution in [2.45, 2.75) is 11.8 Å². The van der Waals surface area contributed by atoms with Gasteiger partial charge < -0.3 is 10.2 Å². The maximum absolute atomic E-state index is 12.1. The first kappa shape index (κ1) is 21.4. The molecule has 156 valence electrons. The van der Waals surface area contributed by atoms with Crippen LogP contribution in [0, 0.1) is 0 Å². The predicted octanol–water partition coefficient (Wildman–Crippen LogP) is 2.89. The Balaban J connectivity index is 1.75. The van der Waals surface area contributed by atoms with E-state index in [4.69, 9.17) is 0 Å². The number of sulfonamides is 1. The minimum Gasteiger partial charge on any atom is -0.345 e. The van der Waals surface area contributed by atoms with E-state index in [0.29, 0.717) is 23.6 Å². The Labute approximate surface area is 176 Å². The molecule has 0 bridgehead atoms. The molecule has 1 amide bonds. The summed E-state index contributed by atoms with van der Waals surface area (Å²) in [5, 5.41) is 3.06. The maximum atomic E-state index is 12.1. The van der Waals surface area contributed by atoms with Crippen LogP contribution in [-0.4, -0.2) is 49.8 Å². The quantitative estimate of drug-likeness (QED) is 0.603. The fourth-order valence-corrected chi connectivity index (χ4v) is 3.79. The minimum atomic E-state index is -3.58. The monoisotopic (exact) mass is 425 g/mol. The van der Waals surface area contributed by atoms with Gasteiger partial charge in [-0.2, -0.15) is 0 Å². The zero-order valence-corrected chi connectivity index (χ0v) is 17.8. The van der Waals surface area contributed by atoms with E-state index in [9.17, 15) is 13.2 Å². The largest absolute Gasteiger partial charge is 0.345 e. The summed E-state index contributed by atoms with van der Waals surface area (Å²) < 4.78 is 26.7. The summed E-state index contributed by atoms with van der Waals surface area (Å²) in [6.07, 6.45) is 4.53. The highest BCUT2D eigenvalue weighted by Gasteiger charge is 2.14. The van der Waals surface area contributed by atoms with Crippen molar-refractivity contribution >= 4 is 27.4 Å². The molecule has 3 rings (SSSR count). The molecule has 0 aliphatic carbocycles. The Morgan fingerprint density at radius 2 is 1.70 bits per heavy atom. The molecule has 1 aromatic carbocycles.